The molecule has 27 heavy (non-hydrogen) atoms. The van der Waals surface area contributed by atoms with Crippen LogP contribution in [0.2, 0.25) is 0 Å². The van der Waals surface area contributed by atoms with E-state index in [0.29, 0.717) is 6.42 Å². The van der Waals surface area contributed by atoms with Crippen molar-refractivity contribution in [2.24, 2.45) is 0 Å². The molecule has 0 aliphatic rings. The van der Waals surface area contributed by atoms with Gasteiger partial charge in [0.15, 0.2) is 0 Å². The van der Waals surface area contributed by atoms with Crippen LogP contribution in [0.4, 0.5) is 4.79 Å². The summed E-state index contributed by atoms with van der Waals surface area (Å²) in [5, 5.41) is 3.63. The number of hydrogen-bond acceptors (Lipinski definition) is 4. The lowest BCUT2D eigenvalue weighted by Gasteiger charge is -2.17. The van der Waals surface area contributed by atoms with E-state index in [-0.39, 0.29) is 13.2 Å². The molecular weight excluding hydrogens is 344 g/mol. The molecule has 0 bridgehead atoms. The van der Waals surface area contributed by atoms with Crippen LogP contribution in [-0.4, -0.2) is 29.7 Å². The molecule has 6 heteroatoms. The van der Waals surface area contributed by atoms with Crippen LogP contribution in [0.15, 0.2) is 60.8 Å². The number of amides is 1. The Kier molecular flexibility index (Phi) is 6.10. The number of benzene rings is 2. The predicted octanol–water partition coefficient (Wildman–Crippen LogP) is 3.57. The molecule has 3 aromatic rings. The molecule has 0 aliphatic carbocycles. The lowest BCUT2D eigenvalue weighted by Crippen LogP contribution is -2.43. The van der Waals surface area contributed by atoms with Gasteiger partial charge in [0.25, 0.3) is 0 Å². The maximum absolute atomic E-state index is 12.3. The van der Waals surface area contributed by atoms with Crippen molar-refractivity contribution < 1.29 is 19.1 Å². The van der Waals surface area contributed by atoms with Crippen molar-refractivity contribution in [2.45, 2.75) is 26.0 Å². The van der Waals surface area contributed by atoms with Gasteiger partial charge >= 0.3 is 12.1 Å². The Morgan fingerprint density at radius 3 is 2.56 bits per heavy atom. The van der Waals surface area contributed by atoms with Gasteiger partial charge in [-0.05, 0) is 24.1 Å². The van der Waals surface area contributed by atoms with E-state index in [1.54, 1.807) is 6.92 Å². The fraction of sp³-hybridized carbons (Fsp3) is 0.238. The van der Waals surface area contributed by atoms with Crippen LogP contribution in [-0.2, 0) is 27.3 Å². The third kappa shape index (κ3) is 4.88. The summed E-state index contributed by atoms with van der Waals surface area (Å²) >= 11 is 0. The number of esters is 1. The second-order valence-electron chi connectivity index (χ2n) is 6.07. The Bertz CT molecular complexity index is 905. The number of para-hydroxylation sites is 1. The van der Waals surface area contributed by atoms with Crippen molar-refractivity contribution in [3.05, 3.63) is 71.9 Å². The number of ether oxygens (including phenoxy) is 2. The van der Waals surface area contributed by atoms with Crippen molar-refractivity contribution in [1.29, 1.82) is 0 Å². The summed E-state index contributed by atoms with van der Waals surface area (Å²) in [5.41, 5.74) is 2.77. The molecule has 2 N–H and O–H groups in total. The number of fused-ring (bicyclic) bond motifs is 1. The first kappa shape index (κ1) is 18.5. The molecule has 0 fully saturated rings. The molecular formula is C21H22N2O4. The van der Waals surface area contributed by atoms with E-state index in [0.717, 1.165) is 22.0 Å². The monoisotopic (exact) mass is 366 g/mol. The zero-order valence-corrected chi connectivity index (χ0v) is 15.1. The Hall–Kier alpha value is -3.28. The molecule has 1 heterocycles. The molecule has 0 saturated carbocycles. The largest absolute Gasteiger partial charge is 0.464 e. The number of carbonyl (C=O) groups is 2. The second-order valence-corrected chi connectivity index (χ2v) is 6.07. The smallest absolute Gasteiger partial charge is 0.408 e. The average Bonchev–Trinajstić information content (AvgIpc) is 3.10. The quantitative estimate of drug-likeness (QED) is 0.627. The Labute approximate surface area is 157 Å². The van der Waals surface area contributed by atoms with Crippen molar-refractivity contribution >= 4 is 23.0 Å². The summed E-state index contributed by atoms with van der Waals surface area (Å²) in [6, 6.07) is 16.3. The first-order valence-electron chi connectivity index (χ1n) is 8.86. The van der Waals surface area contributed by atoms with Gasteiger partial charge in [0.1, 0.15) is 12.6 Å². The molecule has 0 saturated heterocycles. The number of carbonyl (C=O) groups excluding carboxylic acids is 2. The first-order valence-corrected chi connectivity index (χ1v) is 8.86. The van der Waals surface area contributed by atoms with E-state index >= 15 is 0 Å². The topological polar surface area (TPSA) is 80.4 Å². The molecule has 140 valence electrons. The average molecular weight is 366 g/mol. The van der Waals surface area contributed by atoms with E-state index in [1.165, 1.54) is 0 Å². The lowest BCUT2D eigenvalue weighted by molar-refractivity contribution is -0.145. The van der Waals surface area contributed by atoms with Gasteiger partial charge in [-0.25, -0.2) is 9.59 Å². The molecule has 1 amide bonds. The summed E-state index contributed by atoms with van der Waals surface area (Å²) in [6.07, 6.45) is 1.49. The highest BCUT2D eigenvalue weighted by Gasteiger charge is 2.24. The maximum Gasteiger partial charge on any atom is 0.408 e. The van der Waals surface area contributed by atoms with Crippen molar-refractivity contribution in [3.63, 3.8) is 0 Å². The van der Waals surface area contributed by atoms with Crippen LogP contribution >= 0.6 is 0 Å². The molecule has 0 radical (unpaired) electrons. The summed E-state index contributed by atoms with van der Waals surface area (Å²) in [7, 11) is 0. The van der Waals surface area contributed by atoms with Gasteiger partial charge in [0.2, 0.25) is 0 Å². The van der Waals surface area contributed by atoms with Crippen LogP contribution in [0.25, 0.3) is 10.9 Å². The Balaban J connectivity index is 1.67. The van der Waals surface area contributed by atoms with Gasteiger partial charge in [-0.15, -0.1) is 0 Å². The normalized spacial score (nSPS) is 11.7. The molecule has 6 nitrogen and oxygen atoms in total. The van der Waals surface area contributed by atoms with Crippen molar-refractivity contribution in [2.75, 3.05) is 6.61 Å². The SMILES string of the molecule is CCOC(=O)[C@H](Cc1c[nH]c2ccccc12)NC(=O)OCc1ccccc1. The highest BCUT2D eigenvalue weighted by molar-refractivity contribution is 5.86. The predicted molar refractivity (Wildman–Crippen MR) is 102 cm³/mol. The number of rotatable bonds is 7. The summed E-state index contributed by atoms with van der Waals surface area (Å²) < 4.78 is 10.3. The minimum Gasteiger partial charge on any atom is -0.464 e. The minimum atomic E-state index is -0.826. The number of aromatic nitrogens is 1. The summed E-state index contributed by atoms with van der Waals surface area (Å²) in [6.45, 7) is 2.10. The Morgan fingerprint density at radius 2 is 1.78 bits per heavy atom. The van der Waals surface area contributed by atoms with Gasteiger partial charge < -0.3 is 19.8 Å². The van der Waals surface area contributed by atoms with Crippen LogP contribution in [0, 0.1) is 0 Å². The van der Waals surface area contributed by atoms with Gasteiger partial charge in [0, 0.05) is 23.5 Å². The fourth-order valence-electron chi connectivity index (χ4n) is 2.86. The van der Waals surface area contributed by atoms with Crippen LogP contribution in [0.1, 0.15) is 18.1 Å². The lowest BCUT2D eigenvalue weighted by atomic mass is 10.1. The van der Waals surface area contributed by atoms with Gasteiger partial charge in [-0.1, -0.05) is 48.5 Å². The molecule has 2 aromatic carbocycles. The summed E-state index contributed by atoms with van der Waals surface area (Å²) in [5.74, 6) is -0.487. The van der Waals surface area contributed by atoms with E-state index in [4.69, 9.17) is 9.47 Å². The standard InChI is InChI=1S/C21H22N2O4/c1-2-26-20(24)19(12-16-13-22-18-11-7-6-10-17(16)18)23-21(25)27-14-15-8-4-3-5-9-15/h3-11,13,19,22H,2,12,14H2,1H3,(H,23,25)/t19-/m0/s1. The van der Waals surface area contributed by atoms with Gasteiger partial charge in [0.05, 0.1) is 6.61 Å². The van der Waals surface area contributed by atoms with Crippen LogP contribution in [0.3, 0.4) is 0 Å². The fourth-order valence-corrected chi connectivity index (χ4v) is 2.86. The van der Waals surface area contributed by atoms with Gasteiger partial charge in [-0.3, -0.25) is 0 Å². The molecule has 0 spiro atoms. The first-order chi connectivity index (χ1) is 13.2. The third-order valence-corrected chi connectivity index (χ3v) is 4.17. The maximum atomic E-state index is 12.3. The number of nitrogens with one attached hydrogen (secondary N) is 2. The summed E-state index contributed by atoms with van der Waals surface area (Å²) in [4.78, 5) is 27.7. The second kappa shape index (κ2) is 8.89. The van der Waals surface area contributed by atoms with E-state index < -0.39 is 18.1 Å². The zero-order valence-electron chi connectivity index (χ0n) is 15.1. The molecule has 3 rings (SSSR count). The van der Waals surface area contributed by atoms with Crippen molar-refractivity contribution in [3.8, 4) is 0 Å². The highest BCUT2D eigenvalue weighted by atomic mass is 16.6. The minimum absolute atomic E-state index is 0.134. The van der Waals surface area contributed by atoms with E-state index in [9.17, 15) is 9.59 Å². The highest BCUT2D eigenvalue weighted by Crippen LogP contribution is 2.19. The number of H-pyrrole nitrogens is 1. The van der Waals surface area contributed by atoms with Gasteiger partial charge in [-0.2, -0.15) is 0 Å². The number of aromatic amines is 1. The van der Waals surface area contributed by atoms with Crippen LogP contribution < -0.4 is 5.32 Å². The third-order valence-electron chi connectivity index (χ3n) is 4.17. The van der Waals surface area contributed by atoms with E-state index in [2.05, 4.69) is 10.3 Å². The molecule has 1 aromatic heterocycles. The van der Waals surface area contributed by atoms with Crippen molar-refractivity contribution in [1.82, 2.24) is 10.3 Å². The molecule has 1 atom stereocenters. The number of alkyl carbamates (subject to hydrolysis) is 1. The zero-order chi connectivity index (χ0) is 19.1. The molecule has 0 unspecified atom stereocenters. The molecule has 0 aliphatic heterocycles. The van der Waals surface area contributed by atoms with Crippen LogP contribution in [0.5, 0.6) is 0 Å². The van der Waals surface area contributed by atoms with E-state index in [1.807, 2.05) is 60.8 Å². The Morgan fingerprint density at radius 1 is 1.04 bits per heavy atom. The number of hydrogen-bond donors (Lipinski definition) is 2.